The van der Waals surface area contributed by atoms with Crippen LogP contribution in [0.2, 0.25) is 0 Å². The van der Waals surface area contributed by atoms with E-state index in [1.165, 1.54) is 11.8 Å². The molecule has 0 atom stereocenters. The Labute approximate surface area is 61.0 Å². The number of rotatable bonds is 3. The van der Waals surface area contributed by atoms with E-state index in [1.54, 1.807) is 14.0 Å². The maximum atomic E-state index is 10.7. The lowest BCUT2D eigenvalue weighted by molar-refractivity contribution is -0.132. The summed E-state index contributed by atoms with van der Waals surface area (Å²) >= 11 is 0. The van der Waals surface area contributed by atoms with Gasteiger partial charge in [0.15, 0.2) is 5.78 Å². The van der Waals surface area contributed by atoms with Crippen molar-refractivity contribution in [3.63, 3.8) is 0 Å². The molecule has 0 unspecified atom stereocenters. The molecule has 0 aromatic rings. The van der Waals surface area contributed by atoms with Crippen molar-refractivity contribution in [2.24, 2.45) is 0 Å². The van der Waals surface area contributed by atoms with Crippen LogP contribution in [0, 0.1) is 0 Å². The van der Waals surface area contributed by atoms with E-state index in [-0.39, 0.29) is 18.2 Å². The third kappa shape index (κ3) is 3.22. The number of ketones is 1. The summed E-state index contributed by atoms with van der Waals surface area (Å²) in [6.45, 7) is 3.48. The molecule has 0 saturated carbocycles. The summed E-state index contributed by atoms with van der Waals surface area (Å²) in [7, 11) is 1.62. The number of carbonyl (C=O) groups excluding carboxylic acids is 2. The van der Waals surface area contributed by atoms with E-state index >= 15 is 0 Å². The first-order chi connectivity index (χ1) is 4.57. The van der Waals surface area contributed by atoms with Gasteiger partial charge in [0.1, 0.15) is 0 Å². The monoisotopic (exact) mass is 143 g/mol. The Hall–Kier alpha value is -0.860. The predicted molar refractivity (Wildman–Crippen MR) is 38.6 cm³/mol. The Morgan fingerprint density at radius 3 is 2.20 bits per heavy atom. The average molecular weight is 143 g/mol. The molecule has 1 amide bonds. The van der Waals surface area contributed by atoms with Crippen molar-refractivity contribution in [2.75, 3.05) is 13.6 Å². The summed E-state index contributed by atoms with van der Waals surface area (Å²) in [6, 6.07) is 0. The summed E-state index contributed by atoms with van der Waals surface area (Å²) in [4.78, 5) is 22.7. The second-order valence-corrected chi connectivity index (χ2v) is 2.27. The number of Topliss-reactive ketones (excluding diaryl/α,β-unsaturated/α-hetero) is 1. The fourth-order valence-corrected chi connectivity index (χ4v) is 0.488. The van der Waals surface area contributed by atoms with Gasteiger partial charge in [-0.1, -0.05) is 6.92 Å². The van der Waals surface area contributed by atoms with Crippen molar-refractivity contribution in [3.8, 4) is 0 Å². The molecule has 0 aliphatic heterocycles. The van der Waals surface area contributed by atoms with Gasteiger partial charge in [0.2, 0.25) is 5.91 Å². The summed E-state index contributed by atoms with van der Waals surface area (Å²) in [6.07, 6.45) is 0.498. The topological polar surface area (TPSA) is 37.4 Å². The standard InChI is InChI=1S/C7H13NO2/c1-4-7(10)5-8(3)6(2)9/h4-5H2,1-3H3. The van der Waals surface area contributed by atoms with Gasteiger partial charge in [-0.15, -0.1) is 0 Å². The highest BCUT2D eigenvalue weighted by Crippen LogP contribution is 1.87. The normalized spacial score (nSPS) is 9.10. The third-order valence-electron chi connectivity index (χ3n) is 1.35. The zero-order valence-electron chi connectivity index (χ0n) is 6.68. The van der Waals surface area contributed by atoms with E-state index in [2.05, 4.69) is 0 Å². The summed E-state index contributed by atoms with van der Waals surface area (Å²) in [5.74, 6) is 0.0273. The minimum Gasteiger partial charge on any atom is -0.339 e. The maximum Gasteiger partial charge on any atom is 0.219 e. The molecule has 58 valence electrons. The number of likely N-dealkylation sites (N-methyl/N-ethyl adjacent to an activating group) is 1. The highest BCUT2D eigenvalue weighted by molar-refractivity contribution is 5.84. The minimum absolute atomic E-state index is 0.0678. The molecular weight excluding hydrogens is 130 g/mol. The molecular formula is C7H13NO2. The molecule has 0 aliphatic carbocycles. The summed E-state index contributed by atoms with van der Waals surface area (Å²) < 4.78 is 0. The number of hydrogen-bond donors (Lipinski definition) is 0. The van der Waals surface area contributed by atoms with Crippen LogP contribution in [0.15, 0.2) is 0 Å². The van der Waals surface area contributed by atoms with Gasteiger partial charge in [0.05, 0.1) is 6.54 Å². The van der Waals surface area contributed by atoms with Gasteiger partial charge >= 0.3 is 0 Å². The van der Waals surface area contributed by atoms with E-state index in [0.717, 1.165) is 0 Å². The molecule has 0 saturated heterocycles. The van der Waals surface area contributed by atoms with Gasteiger partial charge in [0.25, 0.3) is 0 Å². The van der Waals surface area contributed by atoms with Gasteiger partial charge in [-0.05, 0) is 0 Å². The first-order valence-electron chi connectivity index (χ1n) is 3.31. The first kappa shape index (κ1) is 9.14. The molecule has 3 nitrogen and oxygen atoms in total. The van der Waals surface area contributed by atoms with Crippen LogP contribution in [0.1, 0.15) is 20.3 Å². The number of amides is 1. The molecule has 0 radical (unpaired) electrons. The molecule has 10 heavy (non-hydrogen) atoms. The molecule has 0 N–H and O–H groups in total. The molecule has 0 aromatic heterocycles. The van der Waals surface area contributed by atoms with Gasteiger partial charge in [0, 0.05) is 20.4 Å². The maximum absolute atomic E-state index is 10.7. The van der Waals surface area contributed by atoms with E-state index in [9.17, 15) is 9.59 Å². The minimum atomic E-state index is -0.0678. The highest BCUT2D eigenvalue weighted by Gasteiger charge is 2.05. The predicted octanol–water partition coefficient (Wildman–Crippen LogP) is 0.444. The smallest absolute Gasteiger partial charge is 0.219 e. The molecule has 0 aliphatic rings. The second-order valence-electron chi connectivity index (χ2n) is 2.27. The van der Waals surface area contributed by atoms with Gasteiger partial charge in [-0.2, -0.15) is 0 Å². The van der Waals surface area contributed by atoms with Crippen LogP contribution >= 0.6 is 0 Å². The Morgan fingerprint density at radius 1 is 1.40 bits per heavy atom. The second kappa shape index (κ2) is 4.04. The van der Waals surface area contributed by atoms with Crippen LogP contribution in [0.5, 0.6) is 0 Å². The van der Waals surface area contributed by atoms with Crippen molar-refractivity contribution in [3.05, 3.63) is 0 Å². The number of hydrogen-bond acceptors (Lipinski definition) is 2. The lowest BCUT2D eigenvalue weighted by Crippen LogP contribution is -2.29. The fourth-order valence-electron chi connectivity index (χ4n) is 0.488. The van der Waals surface area contributed by atoms with Crippen LogP contribution in [0.3, 0.4) is 0 Å². The lowest BCUT2D eigenvalue weighted by Gasteiger charge is -2.12. The fraction of sp³-hybridized carbons (Fsp3) is 0.714. The van der Waals surface area contributed by atoms with E-state index in [1.807, 2.05) is 0 Å². The molecule has 0 heterocycles. The SMILES string of the molecule is CCC(=O)CN(C)C(C)=O. The van der Waals surface area contributed by atoms with Crippen LogP contribution in [0.4, 0.5) is 0 Å². The van der Waals surface area contributed by atoms with Gasteiger partial charge in [-0.3, -0.25) is 9.59 Å². The van der Waals surface area contributed by atoms with E-state index in [4.69, 9.17) is 0 Å². The number of nitrogens with zero attached hydrogens (tertiary/aromatic N) is 1. The quantitative estimate of drug-likeness (QED) is 0.575. The van der Waals surface area contributed by atoms with Crippen molar-refractivity contribution < 1.29 is 9.59 Å². The molecule has 3 heteroatoms. The van der Waals surface area contributed by atoms with Crippen molar-refractivity contribution in [1.29, 1.82) is 0 Å². The van der Waals surface area contributed by atoms with Crippen LogP contribution < -0.4 is 0 Å². The first-order valence-corrected chi connectivity index (χ1v) is 3.31. The summed E-state index contributed by atoms with van der Waals surface area (Å²) in [5.41, 5.74) is 0. The molecule has 0 rings (SSSR count). The highest BCUT2D eigenvalue weighted by atomic mass is 16.2. The zero-order chi connectivity index (χ0) is 8.15. The Balaban J connectivity index is 3.68. The van der Waals surface area contributed by atoms with Gasteiger partial charge < -0.3 is 4.90 Å². The lowest BCUT2D eigenvalue weighted by atomic mass is 10.3. The third-order valence-corrected chi connectivity index (χ3v) is 1.35. The Bertz CT molecular complexity index is 143. The average Bonchev–Trinajstić information content (AvgIpc) is 1.87. The van der Waals surface area contributed by atoms with E-state index < -0.39 is 0 Å². The van der Waals surface area contributed by atoms with Crippen molar-refractivity contribution >= 4 is 11.7 Å². The number of carbonyl (C=O) groups is 2. The Kier molecular flexibility index (Phi) is 3.69. The van der Waals surface area contributed by atoms with Gasteiger partial charge in [-0.25, -0.2) is 0 Å². The van der Waals surface area contributed by atoms with Crippen molar-refractivity contribution in [1.82, 2.24) is 4.90 Å². The molecule has 0 aromatic carbocycles. The molecule has 0 fully saturated rings. The largest absolute Gasteiger partial charge is 0.339 e. The van der Waals surface area contributed by atoms with Crippen LogP contribution in [0.25, 0.3) is 0 Å². The summed E-state index contributed by atoms with van der Waals surface area (Å²) in [5, 5.41) is 0. The molecule has 0 bridgehead atoms. The van der Waals surface area contributed by atoms with Crippen LogP contribution in [-0.4, -0.2) is 30.2 Å². The Morgan fingerprint density at radius 2 is 1.90 bits per heavy atom. The zero-order valence-corrected chi connectivity index (χ0v) is 6.68. The van der Waals surface area contributed by atoms with Crippen molar-refractivity contribution in [2.45, 2.75) is 20.3 Å². The van der Waals surface area contributed by atoms with Crippen LogP contribution in [-0.2, 0) is 9.59 Å². The molecule has 0 spiro atoms. The van der Waals surface area contributed by atoms with E-state index in [0.29, 0.717) is 6.42 Å².